The maximum atomic E-state index is 12.1. The maximum Gasteiger partial charge on any atom is 0.222 e. The molecule has 0 aromatic rings. The second kappa shape index (κ2) is 7.82. The highest BCUT2D eigenvalue weighted by molar-refractivity contribution is 5.76. The molecule has 1 atom stereocenters. The van der Waals surface area contributed by atoms with Gasteiger partial charge in [0.05, 0.1) is 13.2 Å². The number of morpholine rings is 1. The second-order valence-corrected chi connectivity index (χ2v) is 5.56. The zero-order valence-electron chi connectivity index (χ0n) is 12.0. The monoisotopic (exact) mass is 270 g/mol. The number of hydrogen-bond donors (Lipinski definition) is 0. The Hall–Kier alpha value is -0.650. The molecule has 0 saturated carbocycles. The van der Waals surface area contributed by atoms with Crippen LogP contribution in [0.4, 0.5) is 0 Å². The van der Waals surface area contributed by atoms with Crippen LogP contribution in [0.2, 0.25) is 0 Å². The molecule has 5 nitrogen and oxygen atoms in total. The van der Waals surface area contributed by atoms with Crippen molar-refractivity contribution in [3.8, 4) is 0 Å². The van der Waals surface area contributed by atoms with Crippen LogP contribution < -0.4 is 0 Å². The summed E-state index contributed by atoms with van der Waals surface area (Å²) in [6.07, 6.45) is 2.86. The van der Waals surface area contributed by atoms with Crippen molar-refractivity contribution in [3.05, 3.63) is 0 Å². The summed E-state index contributed by atoms with van der Waals surface area (Å²) in [7, 11) is 1.91. The molecule has 19 heavy (non-hydrogen) atoms. The smallest absolute Gasteiger partial charge is 0.222 e. The highest BCUT2D eigenvalue weighted by atomic mass is 16.5. The average Bonchev–Trinajstić information content (AvgIpc) is 2.47. The first-order valence-electron chi connectivity index (χ1n) is 7.37. The highest BCUT2D eigenvalue weighted by Crippen LogP contribution is 2.17. The first kappa shape index (κ1) is 14.8. The third-order valence-electron chi connectivity index (χ3n) is 4.00. The fraction of sp³-hybridized carbons (Fsp3) is 0.929. The minimum absolute atomic E-state index is 0.253. The van der Waals surface area contributed by atoms with E-state index in [4.69, 9.17) is 9.47 Å². The molecule has 0 N–H and O–H groups in total. The summed E-state index contributed by atoms with van der Waals surface area (Å²) >= 11 is 0. The SMILES string of the molecule is CN(CCN1CCOCC1)C(=O)C[C@@H]1CCCOC1. The summed E-state index contributed by atoms with van der Waals surface area (Å²) in [5.41, 5.74) is 0. The van der Waals surface area contributed by atoms with E-state index < -0.39 is 0 Å². The predicted molar refractivity (Wildman–Crippen MR) is 73.1 cm³/mol. The van der Waals surface area contributed by atoms with E-state index in [1.54, 1.807) is 0 Å². The van der Waals surface area contributed by atoms with Crippen LogP contribution in [0.15, 0.2) is 0 Å². The van der Waals surface area contributed by atoms with Gasteiger partial charge in [-0.3, -0.25) is 9.69 Å². The molecule has 2 aliphatic heterocycles. The van der Waals surface area contributed by atoms with E-state index >= 15 is 0 Å². The lowest BCUT2D eigenvalue weighted by Gasteiger charge is -2.29. The van der Waals surface area contributed by atoms with E-state index in [2.05, 4.69) is 4.90 Å². The number of nitrogens with zero attached hydrogens (tertiary/aromatic N) is 2. The summed E-state index contributed by atoms with van der Waals surface area (Å²) in [4.78, 5) is 16.3. The van der Waals surface area contributed by atoms with Gasteiger partial charge in [0.1, 0.15) is 0 Å². The lowest BCUT2D eigenvalue weighted by atomic mass is 9.98. The molecule has 0 aliphatic carbocycles. The van der Waals surface area contributed by atoms with Gasteiger partial charge in [0.25, 0.3) is 0 Å². The van der Waals surface area contributed by atoms with Crippen molar-refractivity contribution in [1.82, 2.24) is 9.80 Å². The summed E-state index contributed by atoms with van der Waals surface area (Å²) in [6.45, 7) is 6.98. The number of carbonyl (C=O) groups is 1. The first-order chi connectivity index (χ1) is 9.25. The fourth-order valence-corrected chi connectivity index (χ4v) is 2.61. The Kier molecular flexibility index (Phi) is 6.07. The Labute approximate surface area is 115 Å². The van der Waals surface area contributed by atoms with Crippen LogP contribution in [-0.2, 0) is 14.3 Å². The molecule has 2 heterocycles. The average molecular weight is 270 g/mol. The number of rotatable bonds is 5. The molecular weight excluding hydrogens is 244 g/mol. The van der Waals surface area contributed by atoms with Crippen LogP contribution in [0.25, 0.3) is 0 Å². The normalized spacial score (nSPS) is 25.2. The molecule has 2 rings (SSSR count). The molecule has 0 unspecified atom stereocenters. The van der Waals surface area contributed by atoms with E-state index in [9.17, 15) is 4.79 Å². The minimum Gasteiger partial charge on any atom is -0.381 e. The molecule has 2 fully saturated rings. The van der Waals surface area contributed by atoms with Crippen molar-refractivity contribution < 1.29 is 14.3 Å². The molecule has 0 radical (unpaired) electrons. The van der Waals surface area contributed by atoms with Crippen molar-refractivity contribution in [2.75, 3.05) is 59.7 Å². The van der Waals surface area contributed by atoms with Gasteiger partial charge in [0, 0.05) is 52.9 Å². The van der Waals surface area contributed by atoms with E-state index in [-0.39, 0.29) is 5.91 Å². The Morgan fingerprint density at radius 1 is 1.26 bits per heavy atom. The summed E-state index contributed by atoms with van der Waals surface area (Å²) in [5.74, 6) is 0.677. The molecular formula is C14H26N2O3. The second-order valence-electron chi connectivity index (χ2n) is 5.56. The van der Waals surface area contributed by atoms with E-state index in [1.807, 2.05) is 11.9 Å². The van der Waals surface area contributed by atoms with Gasteiger partial charge < -0.3 is 14.4 Å². The lowest BCUT2D eigenvalue weighted by Crippen LogP contribution is -2.42. The van der Waals surface area contributed by atoms with E-state index in [0.29, 0.717) is 12.3 Å². The number of ether oxygens (including phenoxy) is 2. The zero-order chi connectivity index (χ0) is 13.5. The van der Waals surface area contributed by atoms with Gasteiger partial charge in [-0.1, -0.05) is 0 Å². The van der Waals surface area contributed by atoms with Crippen LogP contribution in [0.5, 0.6) is 0 Å². The molecule has 5 heteroatoms. The third-order valence-corrected chi connectivity index (χ3v) is 4.00. The van der Waals surface area contributed by atoms with Crippen LogP contribution in [-0.4, -0.2) is 75.4 Å². The van der Waals surface area contributed by atoms with Gasteiger partial charge >= 0.3 is 0 Å². The van der Waals surface area contributed by atoms with Crippen LogP contribution >= 0.6 is 0 Å². The van der Waals surface area contributed by atoms with Crippen LogP contribution in [0, 0.1) is 5.92 Å². The lowest BCUT2D eigenvalue weighted by molar-refractivity contribution is -0.132. The molecule has 0 aromatic carbocycles. The van der Waals surface area contributed by atoms with Crippen molar-refractivity contribution in [2.45, 2.75) is 19.3 Å². The van der Waals surface area contributed by atoms with Gasteiger partial charge in [-0.15, -0.1) is 0 Å². The Morgan fingerprint density at radius 3 is 2.74 bits per heavy atom. The van der Waals surface area contributed by atoms with Gasteiger partial charge in [-0.2, -0.15) is 0 Å². The van der Waals surface area contributed by atoms with Crippen molar-refractivity contribution in [1.29, 1.82) is 0 Å². The molecule has 1 amide bonds. The highest BCUT2D eigenvalue weighted by Gasteiger charge is 2.20. The van der Waals surface area contributed by atoms with Crippen LogP contribution in [0.3, 0.4) is 0 Å². The molecule has 2 saturated heterocycles. The third kappa shape index (κ3) is 5.09. The zero-order valence-corrected chi connectivity index (χ0v) is 12.0. The maximum absolute atomic E-state index is 12.1. The Morgan fingerprint density at radius 2 is 2.05 bits per heavy atom. The largest absolute Gasteiger partial charge is 0.381 e. The number of carbonyl (C=O) groups excluding carboxylic acids is 1. The molecule has 0 spiro atoms. The number of likely N-dealkylation sites (N-methyl/N-ethyl adjacent to an activating group) is 1. The van der Waals surface area contributed by atoms with Gasteiger partial charge in [-0.25, -0.2) is 0 Å². The molecule has 110 valence electrons. The van der Waals surface area contributed by atoms with Crippen molar-refractivity contribution in [2.24, 2.45) is 5.92 Å². The summed E-state index contributed by atoms with van der Waals surface area (Å²) < 4.78 is 10.7. The van der Waals surface area contributed by atoms with Crippen LogP contribution in [0.1, 0.15) is 19.3 Å². The Bertz CT molecular complexity index is 274. The minimum atomic E-state index is 0.253. The van der Waals surface area contributed by atoms with Gasteiger partial charge in [-0.05, 0) is 18.8 Å². The first-order valence-corrected chi connectivity index (χ1v) is 7.37. The Balaban J connectivity index is 1.63. The molecule has 0 bridgehead atoms. The fourth-order valence-electron chi connectivity index (χ4n) is 2.61. The summed E-state index contributed by atoms with van der Waals surface area (Å²) in [5, 5.41) is 0. The molecule has 2 aliphatic rings. The number of hydrogen-bond acceptors (Lipinski definition) is 4. The quantitative estimate of drug-likeness (QED) is 0.733. The van der Waals surface area contributed by atoms with Crippen molar-refractivity contribution >= 4 is 5.91 Å². The number of amides is 1. The molecule has 0 aromatic heterocycles. The van der Waals surface area contributed by atoms with Gasteiger partial charge in [0.15, 0.2) is 0 Å². The standard InChI is InChI=1S/C14H26N2O3/c1-15(4-5-16-6-9-18-10-7-16)14(17)11-13-3-2-8-19-12-13/h13H,2-12H2,1H3/t13-/m0/s1. The topological polar surface area (TPSA) is 42.0 Å². The van der Waals surface area contributed by atoms with E-state index in [0.717, 1.165) is 65.4 Å². The van der Waals surface area contributed by atoms with Crippen molar-refractivity contribution in [3.63, 3.8) is 0 Å². The van der Waals surface area contributed by atoms with E-state index in [1.165, 1.54) is 0 Å². The summed E-state index contributed by atoms with van der Waals surface area (Å²) in [6, 6.07) is 0. The predicted octanol–water partition coefficient (Wildman–Crippen LogP) is 0.594. The van der Waals surface area contributed by atoms with Gasteiger partial charge in [0.2, 0.25) is 5.91 Å².